The number of thioether (sulfide) groups is 1. The number of hydrogen-bond donors (Lipinski definition) is 1. The molecule has 0 spiro atoms. The summed E-state index contributed by atoms with van der Waals surface area (Å²) in [6, 6.07) is 1.54. The van der Waals surface area contributed by atoms with E-state index in [9.17, 15) is 9.59 Å². The Morgan fingerprint density at radius 2 is 2.17 bits per heavy atom. The van der Waals surface area contributed by atoms with E-state index in [1.54, 1.807) is 7.05 Å². The summed E-state index contributed by atoms with van der Waals surface area (Å²) in [5.74, 6) is -0.0376. The number of nitrogens with one attached hydrogen (secondary N) is 1. The predicted molar refractivity (Wildman–Crippen MR) is 94.4 cm³/mol. The van der Waals surface area contributed by atoms with Gasteiger partial charge in [0.15, 0.2) is 5.16 Å². The fourth-order valence-corrected chi connectivity index (χ4v) is 3.29. The lowest BCUT2D eigenvalue weighted by Crippen LogP contribution is -2.42. The molecule has 1 aliphatic heterocycles. The molecule has 2 heterocycles. The molecule has 1 aromatic heterocycles. The van der Waals surface area contributed by atoms with Crippen molar-refractivity contribution in [3.8, 4) is 0 Å². The molecule has 0 saturated carbocycles. The van der Waals surface area contributed by atoms with E-state index in [2.05, 4.69) is 15.2 Å². The minimum Gasteiger partial charge on any atom is -0.379 e. The quantitative estimate of drug-likeness (QED) is 0.560. The molecule has 1 atom stereocenters. The van der Waals surface area contributed by atoms with Gasteiger partial charge in [0.25, 0.3) is 5.56 Å². The number of ether oxygens (including phenoxy) is 1. The average molecular weight is 354 g/mol. The monoisotopic (exact) mass is 354 g/mol. The van der Waals surface area contributed by atoms with E-state index in [0.717, 1.165) is 38.5 Å². The Morgan fingerprint density at radius 3 is 2.83 bits per heavy atom. The summed E-state index contributed by atoms with van der Waals surface area (Å²) in [6.07, 6.45) is 0.698. The van der Waals surface area contributed by atoms with Crippen LogP contribution in [0.15, 0.2) is 16.0 Å². The van der Waals surface area contributed by atoms with Gasteiger partial charge in [0.1, 0.15) is 0 Å². The maximum Gasteiger partial charge on any atom is 0.254 e. The second kappa shape index (κ2) is 9.19. The summed E-state index contributed by atoms with van der Waals surface area (Å²) in [7, 11) is 1.68. The van der Waals surface area contributed by atoms with Crippen LogP contribution in [0.1, 0.15) is 19.5 Å². The van der Waals surface area contributed by atoms with E-state index in [1.165, 1.54) is 22.4 Å². The molecule has 1 aromatic rings. The molecular formula is C16H26N4O3S. The van der Waals surface area contributed by atoms with E-state index >= 15 is 0 Å². The van der Waals surface area contributed by atoms with Crippen molar-refractivity contribution < 1.29 is 9.53 Å². The third-order valence-corrected chi connectivity index (χ3v) is 5.14. The molecule has 0 bridgehead atoms. The summed E-state index contributed by atoms with van der Waals surface area (Å²) in [5.41, 5.74) is 0.657. The van der Waals surface area contributed by atoms with Crippen LogP contribution in [-0.2, 0) is 23.0 Å². The van der Waals surface area contributed by atoms with Crippen LogP contribution in [0.2, 0.25) is 0 Å². The van der Waals surface area contributed by atoms with E-state index < -0.39 is 0 Å². The zero-order valence-corrected chi connectivity index (χ0v) is 15.4. The molecule has 1 fully saturated rings. The Labute approximate surface area is 146 Å². The Bertz CT molecular complexity index is 614. The third kappa shape index (κ3) is 5.32. The number of hydrogen-bond acceptors (Lipinski definition) is 6. The third-order valence-electron chi connectivity index (χ3n) is 3.99. The van der Waals surface area contributed by atoms with Crippen LogP contribution in [0, 0.1) is 0 Å². The maximum absolute atomic E-state index is 12.2. The van der Waals surface area contributed by atoms with Crippen molar-refractivity contribution in [1.29, 1.82) is 0 Å². The van der Waals surface area contributed by atoms with Crippen LogP contribution in [0.4, 0.5) is 0 Å². The van der Waals surface area contributed by atoms with E-state index in [-0.39, 0.29) is 16.7 Å². The smallest absolute Gasteiger partial charge is 0.254 e. The molecule has 2 rings (SSSR count). The topological polar surface area (TPSA) is 76.5 Å². The zero-order valence-electron chi connectivity index (χ0n) is 14.6. The molecule has 24 heavy (non-hydrogen) atoms. The summed E-state index contributed by atoms with van der Waals surface area (Å²) in [5, 5.41) is 3.23. The van der Waals surface area contributed by atoms with E-state index in [1.807, 2.05) is 13.8 Å². The average Bonchev–Trinajstić information content (AvgIpc) is 2.59. The first-order valence-corrected chi connectivity index (χ1v) is 9.20. The Morgan fingerprint density at radius 1 is 1.46 bits per heavy atom. The molecule has 1 saturated heterocycles. The molecule has 1 unspecified atom stereocenters. The lowest BCUT2D eigenvalue weighted by molar-refractivity contribution is -0.120. The zero-order chi connectivity index (χ0) is 17.5. The van der Waals surface area contributed by atoms with Gasteiger partial charge in [-0.2, -0.15) is 0 Å². The minimum atomic E-state index is -0.306. The van der Waals surface area contributed by atoms with Crippen LogP contribution in [0.25, 0.3) is 0 Å². The number of aryl methyl sites for hydroxylation is 1. The number of morpholine rings is 1. The summed E-state index contributed by atoms with van der Waals surface area (Å²) >= 11 is 1.31. The molecule has 134 valence electrons. The maximum atomic E-state index is 12.2. The molecule has 0 aromatic carbocycles. The molecule has 7 nitrogen and oxygen atoms in total. The van der Waals surface area contributed by atoms with Gasteiger partial charge in [-0.25, -0.2) is 4.98 Å². The number of nitrogens with zero attached hydrogens (tertiary/aromatic N) is 3. The van der Waals surface area contributed by atoms with Crippen LogP contribution in [-0.4, -0.2) is 65.0 Å². The first-order valence-electron chi connectivity index (χ1n) is 8.32. The Balaban J connectivity index is 1.85. The van der Waals surface area contributed by atoms with Crippen molar-refractivity contribution in [2.75, 3.05) is 39.4 Å². The highest BCUT2D eigenvalue weighted by Crippen LogP contribution is 2.20. The van der Waals surface area contributed by atoms with E-state index in [0.29, 0.717) is 18.1 Å². The largest absolute Gasteiger partial charge is 0.379 e. The second-order valence-corrected chi connectivity index (χ2v) is 7.09. The van der Waals surface area contributed by atoms with Gasteiger partial charge in [-0.1, -0.05) is 18.7 Å². The Hall–Kier alpha value is -1.38. The molecule has 0 aliphatic carbocycles. The number of aromatic nitrogens is 2. The van der Waals surface area contributed by atoms with Gasteiger partial charge in [-0.05, 0) is 13.3 Å². The second-order valence-electron chi connectivity index (χ2n) is 5.79. The fourth-order valence-electron chi connectivity index (χ4n) is 2.37. The normalized spacial score (nSPS) is 16.8. The highest BCUT2D eigenvalue weighted by Gasteiger charge is 2.18. The number of carbonyl (C=O) groups is 1. The van der Waals surface area contributed by atoms with Gasteiger partial charge in [0.05, 0.1) is 18.5 Å². The molecular weight excluding hydrogens is 328 g/mol. The summed E-state index contributed by atoms with van der Waals surface area (Å²) in [6.45, 7) is 8.57. The lowest BCUT2D eigenvalue weighted by Gasteiger charge is -2.26. The molecule has 1 N–H and O–H groups in total. The SMILES string of the molecule is CCc1cc(=O)n(C)c(SC(C)C(=O)NCCN2CCOCC2)n1. The van der Waals surface area contributed by atoms with Crippen molar-refractivity contribution in [2.24, 2.45) is 7.05 Å². The van der Waals surface area contributed by atoms with Crippen LogP contribution < -0.4 is 10.9 Å². The Kier molecular flexibility index (Phi) is 7.26. The van der Waals surface area contributed by atoms with Crippen molar-refractivity contribution in [3.63, 3.8) is 0 Å². The number of amides is 1. The highest BCUT2D eigenvalue weighted by atomic mass is 32.2. The van der Waals surface area contributed by atoms with Gasteiger partial charge in [0.2, 0.25) is 5.91 Å². The van der Waals surface area contributed by atoms with E-state index in [4.69, 9.17) is 4.74 Å². The highest BCUT2D eigenvalue weighted by molar-refractivity contribution is 8.00. The van der Waals surface area contributed by atoms with Crippen LogP contribution >= 0.6 is 11.8 Å². The van der Waals surface area contributed by atoms with Gasteiger partial charge in [-0.15, -0.1) is 0 Å². The van der Waals surface area contributed by atoms with Crippen molar-refractivity contribution in [2.45, 2.75) is 30.7 Å². The number of carbonyl (C=O) groups excluding carboxylic acids is 1. The number of rotatable bonds is 7. The summed E-state index contributed by atoms with van der Waals surface area (Å²) in [4.78, 5) is 30.9. The lowest BCUT2D eigenvalue weighted by atomic mass is 10.3. The van der Waals surface area contributed by atoms with Crippen LogP contribution in [0.3, 0.4) is 0 Å². The van der Waals surface area contributed by atoms with Gasteiger partial charge >= 0.3 is 0 Å². The van der Waals surface area contributed by atoms with Gasteiger partial charge in [-0.3, -0.25) is 19.1 Å². The molecule has 8 heteroatoms. The molecule has 0 radical (unpaired) electrons. The van der Waals surface area contributed by atoms with Crippen molar-refractivity contribution in [1.82, 2.24) is 19.8 Å². The minimum absolute atomic E-state index is 0.0376. The standard InChI is InChI=1S/C16H26N4O3S/c1-4-13-11-14(21)19(3)16(18-13)24-12(2)15(22)17-5-6-20-7-9-23-10-8-20/h11-12H,4-10H2,1-3H3,(H,17,22). The van der Waals surface area contributed by atoms with Crippen molar-refractivity contribution in [3.05, 3.63) is 22.1 Å². The molecule has 1 amide bonds. The molecule has 1 aliphatic rings. The fraction of sp³-hybridized carbons (Fsp3) is 0.688. The van der Waals surface area contributed by atoms with Crippen molar-refractivity contribution >= 4 is 17.7 Å². The first-order chi connectivity index (χ1) is 11.5. The summed E-state index contributed by atoms with van der Waals surface area (Å²) < 4.78 is 6.79. The predicted octanol–water partition coefficient (Wildman–Crippen LogP) is 0.272. The van der Waals surface area contributed by atoms with Gasteiger partial charge < -0.3 is 10.1 Å². The first kappa shape index (κ1) is 19.0. The van der Waals surface area contributed by atoms with Crippen LogP contribution in [0.5, 0.6) is 0 Å². The van der Waals surface area contributed by atoms with Gasteiger partial charge in [0, 0.05) is 45.0 Å².